The molecule has 0 fully saturated rings. The summed E-state index contributed by atoms with van der Waals surface area (Å²) in [5.41, 5.74) is 4.03. The largest absolute Gasteiger partial charge is 0.465 e. The lowest BCUT2D eigenvalue weighted by molar-refractivity contribution is 0.204. The van der Waals surface area contributed by atoms with Crippen molar-refractivity contribution in [1.82, 2.24) is 9.55 Å². The van der Waals surface area contributed by atoms with E-state index in [0.29, 0.717) is 0 Å². The first-order valence-electron chi connectivity index (χ1n) is 3.25. The molecule has 2 amide bonds. The van der Waals surface area contributed by atoms with Gasteiger partial charge in [0.1, 0.15) is 6.34 Å². The summed E-state index contributed by atoms with van der Waals surface area (Å²) < 4.78 is 1.44. The van der Waals surface area contributed by atoms with Crippen LogP contribution in [0.2, 0.25) is 0 Å². The number of hydrogen-bond acceptors (Lipinski definition) is 3. The quantitative estimate of drug-likeness (QED) is 0.435. The highest BCUT2D eigenvalue weighted by atomic mass is 16.4. The Hall–Kier alpha value is -2.38. The summed E-state index contributed by atoms with van der Waals surface area (Å²) in [6, 6.07) is 0. The number of aliphatic imine (C=N–C) groups is 1. The van der Waals surface area contributed by atoms with Crippen molar-refractivity contribution in [3.63, 3.8) is 0 Å². The summed E-state index contributed by atoms with van der Waals surface area (Å²) in [4.78, 5) is 25.4. The molecule has 0 saturated heterocycles. The zero-order valence-electron chi connectivity index (χ0n) is 6.94. The number of rotatable bonds is 1. The van der Waals surface area contributed by atoms with E-state index in [1.807, 2.05) is 0 Å². The van der Waals surface area contributed by atoms with Crippen LogP contribution in [0.3, 0.4) is 0 Å². The number of amides is 2. The van der Waals surface area contributed by atoms with Gasteiger partial charge in [0.15, 0.2) is 0 Å². The van der Waals surface area contributed by atoms with E-state index in [4.69, 9.17) is 15.0 Å². The van der Waals surface area contributed by atoms with Gasteiger partial charge in [-0.25, -0.2) is 14.6 Å². The highest BCUT2D eigenvalue weighted by Crippen LogP contribution is 1.78. The van der Waals surface area contributed by atoms with Crippen LogP contribution in [0.4, 0.5) is 9.59 Å². The van der Waals surface area contributed by atoms with Crippen LogP contribution in [0.15, 0.2) is 23.7 Å². The van der Waals surface area contributed by atoms with Crippen molar-refractivity contribution in [3.05, 3.63) is 18.7 Å². The number of carboxylic acid groups (broad SMARTS) is 2. The molecule has 1 aromatic rings. The normalized spacial score (nSPS) is 9.14. The molecule has 1 rings (SSSR count). The minimum Gasteiger partial charge on any atom is -0.465 e. The molecule has 8 heteroatoms. The number of nitrogens with zero attached hydrogens (tertiary/aromatic N) is 3. The Morgan fingerprint density at radius 2 is 2.07 bits per heavy atom. The Balaban J connectivity index is 0.000000364. The van der Waals surface area contributed by atoms with Crippen molar-refractivity contribution >= 4 is 18.5 Å². The van der Waals surface area contributed by atoms with Gasteiger partial charge < -0.3 is 15.9 Å². The molecule has 0 aliphatic heterocycles. The first kappa shape index (κ1) is 11.6. The minimum absolute atomic E-state index is 1.16. The summed E-state index contributed by atoms with van der Waals surface area (Å²) >= 11 is 0. The summed E-state index contributed by atoms with van der Waals surface area (Å²) in [6.07, 6.45) is 3.19. The summed E-state index contributed by atoms with van der Waals surface area (Å²) in [5.74, 6) is 0. The first-order chi connectivity index (χ1) is 6.52. The lowest BCUT2D eigenvalue weighted by Gasteiger charge is -1.84. The molecular weight excluding hydrogens is 192 g/mol. The summed E-state index contributed by atoms with van der Waals surface area (Å²) in [5, 5.41) is 15.3. The number of carbonyl (C=O) groups is 2. The van der Waals surface area contributed by atoms with Gasteiger partial charge in [-0.15, -0.1) is 0 Å². The maximum Gasteiger partial charge on any atom is 0.432 e. The van der Waals surface area contributed by atoms with E-state index in [0.717, 1.165) is 6.34 Å². The van der Waals surface area contributed by atoms with Crippen LogP contribution >= 0.6 is 0 Å². The molecule has 1 aromatic heterocycles. The molecule has 4 N–H and O–H groups in total. The van der Waals surface area contributed by atoms with Gasteiger partial charge in [-0.05, 0) is 0 Å². The van der Waals surface area contributed by atoms with Gasteiger partial charge in [-0.2, -0.15) is 4.99 Å². The second-order valence-corrected chi connectivity index (χ2v) is 1.88. The standard InChI is InChI=1S/C5H5N3O2.CH3NO2/c9-5(10)7-4-8-2-1-6-3-8;2-1(3)4/h1-4H,(H,9,10);2H2,(H,3,4). The van der Waals surface area contributed by atoms with Gasteiger partial charge >= 0.3 is 12.2 Å². The average Bonchev–Trinajstić information content (AvgIpc) is 2.51. The lowest BCUT2D eigenvalue weighted by atomic mass is 10.9. The molecule has 0 atom stereocenters. The number of imidazole rings is 1. The van der Waals surface area contributed by atoms with Crippen LogP contribution in [-0.4, -0.2) is 38.3 Å². The van der Waals surface area contributed by atoms with Crippen molar-refractivity contribution < 1.29 is 19.8 Å². The molecule has 0 aromatic carbocycles. The lowest BCUT2D eigenvalue weighted by Crippen LogP contribution is -2.03. The van der Waals surface area contributed by atoms with E-state index in [2.05, 4.69) is 15.7 Å². The minimum atomic E-state index is -1.33. The molecule has 0 aliphatic rings. The van der Waals surface area contributed by atoms with Crippen LogP contribution in [0.1, 0.15) is 0 Å². The van der Waals surface area contributed by atoms with Crippen molar-refractivity contribution in [2.24, 2.45) is 10.7 Å². The fourth-order valence-electron chi connectivity index (χ4n) is 0.454. The van der Waals surface area contributed by atoms with Crippen molar-refractivity contribution in [2.45, 2.75) is 0 Å². The van der Waals surface area contributed by atoms with Crippen molar-refractivity contribution in [2.75, 3.05) is 0 Å². The highest BCUT2D eigenvalue weighted by Gasteiger charge is 1.85. The molecule has 8 nitrogen and oxygen atoms in total. The maximum atomic E-state index is 9.86. The van der Waals surface area contributed by atoms with Crippen LogP contribution in [0.5, 0.6) is 0 Å². The molecule has 0 bridgehead atoms. The summed E-state index contributed by atoms with van der Waals surface area (Å²) in [6.45, 7) is 0. The fourth-order valence-corrected chi connectivity index (χ4v) is 0.454. The smallest absolute Gasteiger partial charge is 0.432 e. The highest BCUT2D eigenvalue weighted by molar-refractivity contribution is 5.77. The fraction of sp³-hybridized carbons (Fsp3) is 0. The Morgan fingerprint density at radius 3 is 2.43 bits per heavy atom. The Labute approximate surface area is 78.3 Å². The SMILES string of the molecule is NC(=O)O.O=C(O)N=Cn1ccnc1. The van der Waals surface area contributed by atoms with E-state index in [1.54, 1.807) is 6.20 Å². The van der Waals surface area contributed by atoms with Gasteiger partial charge in [0.25, 0.3) is 0 Å². The average molecular weight is 200 g/mol. The van der Waals surface area contributed by atoms with Crippen LogP contribution in [0.25, 0.3) is 0 Å². The molecule has 0 radical (unpaired) electrons. The number of nitrogens with two attached hydrogens (primary N) is 1. The molecular formula is C6H8N4O4. The third kappa shape index (κ3) is 7.72. The first-order valence-corrected chi connectivity index (χ1v) is 3.25. The zero-order chi connectivity index (χ0) is 11.0. The molecule has 0 aliphatic carbocycles. The van der Waals surface area contributed by atoms with E-state index in [1.165, 1.54) is 17.1 Å². The molecule has 1 heterocycles. The van der Waals surface area contributed by atoms with Crippen molar-refractivity contribution in [3.8, 4) is 0 Å². The van der Waals surface area contributed by atoms with Crippen LogP contribution < -0.4 is 5.73 Å². The molecule has 76 valence electrons. The van der Waals surface area contributed by atoms with Crippen LogP contribution in [0, 0.1) is 0 Å². The van der Waals surface area contributed by atoms with Gasteiger partial charge in [0.2, 0.25) is 0 Å². The van der Waals surface area contributed by atoms with E-state index < -0.39 is 12.2 Å². The third-order valence-corrected chi connectivity index (χ3v) is 0.826. The van der Waals surface area contributed by atoms with Gasteiger partial charge in [0, 0.05) is 12.4 Å². The predicted octanol–water partition coefficient (Wildman–Crippen LogP) is 0.0606. The molecule has 0 saturated carbocycles. The maximum absolute atomic E-state index is 9.86. The number of aromatic nitrogens is 2. The van der Waals surface area contributed by atoms with E-state index in [-0.39, 0.29) is 0 Å². The van der Waals surface area contributed by atoms with Gasteiger partial charge in [-0.3, -0.25) is 4.57 Å². The number of hydrogen-bond donors (Lipinski definition) is 3. The van der Waals surface area contributed by atoms with E-state index in [9.17, 15) is 4.79 Å². The zero-order valence-corrected chi connectivity index (χ0v) is 6.94. The summed E-state index contributed by atoms with van der Waals surface area (Å²) in [7, 11) is 0. The molecule has 14 heavy (non-hydrogen) atoms. The van der Waals surface area contributed by atoms with E-state index >= 15 is 0 Å². The Bertz CT molecular complexity index is 315. The van der Waals surface area contributed by atoms with Crippen LogP contribution in [-0.2, 0) is 0 Å². The second kappa shape index (κ2) is 6.17. The third-order valence-electron chi connectivity index (χ3n) is 0.826. The molecule has 0 spiro atoms. The predicted molar refractivity (Wildman–Crippen MR) is 46.4 cm³/mol. The van der Waals surface area contributed by atoms with Gasteiger partial charge in [-0.1, -0.05) is 0 Å². The Kier molecular flexibility index (Phi) is 5.12. The van der Waals surface area contributed by atoms with Gasteiger partial charge in [0.05, 0.1) is 6.33 Å². The topological polar surface area (TPSA) is 131 Å². The van der Waals surface area contributed by atoms with Crippen molar-refractivity contribution in [1.29, 1.82) is 0 Å². The number of primary amides is 1. The molecule has 0 unspecified atom stereocenters. The Morgan fingerprint density at radius 1 is 1.50 bits per heavy atom. The second-order valence-electron chi connectivity index (χ2n) is 1.88. The monoisotopic (exact) mass is 200 g/mol.